The number of rotatable bonds is 5. The molecule has 0 radical (unpaired) electrons. The molecular formula is C19H25N3O. The zero-order chi connectivity index (χ0) is 16.4. The Balaban J connectivity index is 1.87. The molecule has 0 bridgehead atoms. The van der Waals surface area contributed by atoms with Gasteiger partial charge in [0.25, 0.3) is 0 Å². The van der Waals surface area contributed by atoms with Crippen molar-refractivity contribution >= 4 is 11.4 Å². The van der Waals surface area contributed by atoms with Gasteiger partial charge in [-0.2, -0.15) is 5.10 Å². The summed E-state index contributed by atoms with van der Waals surface area (Å²) >= 11 is 0. The zero-order valence-electron chi connectivity index (χ0n) is 14.4. The molecule has 0 aliphatic carbocycles. The van der Waals surface area contributed by atoms with Crippen molar-refractivity contribution in [2.45, 2.75) is 32.7 Å². The molecule has 23 heavy (non-hydrogen) atoms. The van der Waals surface area contributed by atoms with Gasteiger partial charge in [0.2, 0.25) is 0 Å². The molecule has 0 amide bonds. The fourth-order valence-corrected chi connectivity index (χ4v) is 2.87. The van der Waals surface area contributed by atoms with E-state index in [2.05, 4.69) is 61.3 Å². The van der Waals surface area contributed by atoms with Gasteiger partial charge in [-0.3, -0.25) is 5.01 Å². The smallest absolute Gasteiger partial charge is 0.129 e. The van der Waals surface area contributed by atoms with Crippen LogP contribution in [0.2, 0.25) is 0 Å². The second-order valence-electron chi connectivity index (χ2n) is 6.57. The molecule has 0 saturated carbocycles. The maximum Gasteiger partial charge on any atom is 0.129 e. The molecule has 4 nitrogen and oxygen atoms in total. The first-order chi connectivity index (χ1) is 11.0. The summed E-state index contributed by atoms with van der Waals surface area (Å²) in [6, 6.07) is 12.8. The Hall–Kier alpha value is -2.07. The van der Waals surface area contributed by atoms with E-state index >= 15 is 0 Å². The van der Waals surface area contributed by atoms with Gasteiger partial charge in [0, 0.05) is 25.1 Å². The Bertz CT molecular complexity index is 685. The van der Waals surface area contributed by atoms with Gasteiger partial charge in [-0.1, -0.05) is 17.7 Å². The molecule has 1 unspecified atom stereocenters. The second-order valence-corrected chi connectivity index (χ2v) is 6.57. The lowest BCUT2D eigenvalue weighted by Gasteiger charge is -2.22. The van der Waals surface area contributed by atoms with Crippen LogP contribution in [0, 0.1) is 13.8 Å². The topological polar surface area (TPSA) is 32.0 Å². The van der Waals surface area contributed by atoms with E-state index in [4.69, 9.17) is 9.52 Å². The van der Waals surface area contributed by atoms with Crippen LogP contribution < -0.4 is 5.01 Å². The van der Waals surface area contributed by atoms with Crippen molar-refractivity contribution in [1.29, 1.82) is 0 Å². The van der Waals surface area contributed by atoms with Gasteiger partial charge in [0.15, 0.2) is 0 Å². The molecule has 0 saturated heterocycles. The van der Waals surface area contributed by atoms with Crippen molar-refractivity contribution in [2.75, 3.05) is 25.6 Å². The Labute approximate surface area is 138 Å². The Morgan fingerprint density at radius 1 is 1.13 bits per heavy atom. The van der Waals surface area contributed by atoms with E-state index in [0.717, 1.165) is 36.6 Å². The maximum atomic E-state index is 5.89. The molecule has 1 aliphatic rings. The summed E-state index contributed by atoms with van der Waals surface area (Å²) in [5.41, 5.74) is 3.61. The minimum absolute atomic E-state index is 0.156. The van der Waals surface area contributed by atoms with Crippen LogP contribution in [0.3, 0.4) is 0 Å². The van der Waals surface area contributed by atoms with Crippen LogP contribution in [0.15, 0.2) is 45.9 Å². The lowest BCUT2D eigenvalue weighted by atomic mass is 10.1. The third-order valence-corrected chi connectivity index (χ3v) is 4.21. The van der Waals surface area contributed by atoms with E-state index in [1.807, 2.05) is 13.0 Å². The van der Waals surface area contributed by atoms with Crippen LogP contribution in [0.5, 0.6) is 0 Å². The van der Waals surface area contributed by atoms with Crippen LogP contribution in [0.25, 0.3) is 0 Å². The maximum absolute atomic E-state index is 5.89. The van der Waals surface area contributed by atoms with Crippen LogP contribution in [-0.4, -0.2) is 31.3 Å². The Morgan fingerprint density at radius 2 is 1.87 bits per heavy atom. The largest absolute Gasteiger partial charge is 0.464 e. The van der Waals surface area contributed by atoms with Gasteiger partial charge in [0.05, 0.1) is 5.69 Å². The highest BCUT2D eigenvalue weighted by molar-refractivity contribution is 5.89. The number of hydrazone groups is 1. The summed E-state index contributed by atoms with van der Waals surface area (Å²) < 4.78 is 5.89. The number of furan rings is 1. The number of anilines is 1. The van der Waals surface area contributed by atoms with Crippen molar-refractivity contribution < 1.29 is 4.42 Å². The molecule has 0 fully saturated rings. The van der Waals surface area contributed by atoms with Crippen molar-refractivity contribution in [3.05, 3.63) is 53.5 Å². The summed E-state index contributed by atoms with van der Waals surface area (Å²) in [6.45, 7) is 5.11. The van der Waals surface area contributed by atoms with Crippen LogP contribution in [0.4, 0.5) is 5.69 Å². The average molecular weight is 311 g/mol. The summed E-state index contributed by atoms with van der Waals surface area (Å²) in [5, 5.41) is 7.00. The number of benzene rings is 1. The lowest BCUT2D eigenvalue weighted by Crippen LogP contribution is -2.18. The van der Waals surface area contributed by atoms with Crippen molar-refractivity contribution in [3.63, 3.8) is 0 Å². The van der Waals surface area contributed by atoms with Gasteiger partial charge in [-0.25, -0.2) is 0 Å². The first-order valence-electron chi connectivity index (χ1n) is 8.16. The molecular weight excluding hydrogens is 286 g/mol. The molecule has 2 aromatic rings. The molecule has 3 rings (SSSR count). The quantitative estimate of drug-likeness (QED) is 0.831. The minimum atomic E-state index is 0.156. The van der Waals surface area contributed by atoms with Crippen LogP contribution in [-0.2, 0) is 0 Å². The fourth-order valence-electron chi connectivity index (χ4n) is 2.87. The number of aryl methyl sites for hydroxylation is 2. The standard InChI is InChI=1S/C19H25N3O/c1-14-5-8-17(9-6-14)22-18(19-10-7-15(2)23-19)13-16(20-22)11-12-21(3)4/h5-10,18H,11-13H2,1-4H3. The van der Waals surface area contributed by atoms with Gasteiger partial charge >= 0.3 is 0 Å². The molecule has 0 N–H and O–H groups in total. The molecule has 4 heteroatoms. The Morgan fingerprint density at radius 3 is 2.48 bits per heavy atom. The summed E-state index contributed by atoms with van der Waals surface area (Å²) in [4.78, 5) is 2.20. The SMILES string of the molecule is Cc1ccc(N2N=C(CCN(C)C)CC2c2ccc(C)o2)cc1. The molecule has 2 heterocycles. The Kier molecular flexibility index (Phi) is 4.53. The molecule has 1 aromatic heterocycles. The van der Waals surface area contributed by atoms with Gasteiger partial charge in [0.1, 0.15) is 17.6 Å². The third kappa shape index (κ3) is 3.64. The van der Waals surface area contributed by atoms with E-state index in [0.29, 0.717) is 0 Å². The van der Waals surface area contributed by atoms with Gasteiger partial charge < -0.3 is 9.32 Å². The molecule has 1 aromatic carbocycles. The van der Waals surface area contributed by atoms with E-state index in [1.165, 1.54) is 11.3 Å². The number of hydrogen-bond donors (Lipinski definition) is 0. The molecule has 1 aliphatic heterocycles. The third-order valence-electron chi connectivity index (χ3n) is 4.21. The van der Waals surface area contributed by atoms with Crippen LogP contribution >= 0.6 is 0 Å². The molecule has 1 atom stereocenters. The number of hydrogen-bond acceptors (Lipinski definition) is 4. The minimum Gasteiger partial charge on any atom is -0.464 e. The first-order valence-corrected chi connectivity index (χ1v) is 8.16. The van der Waals surface area contributed by atoms with E-state index in [1.54, 1.807) is 0 Å². The van der Waals surface area contributed by atoms with Gasteiger partial charge in [-0.05, 0) is 52.2 Å². The number of nitrogens with zero attached hydrogens (tertiary/aromatic N) is 3. The summed E-state index contributed by atoms with van der Waals surface area (Å²) in [7, 11) is 4.20. The van der Waals surface area contributed by atoms with E-state index in [-0.39, 0.29) is 6.04 Å². The molecule has 0 spiro atoms. The van der Waals surface area contributed by atoms with E-state index < -0.39 is 0 Å². The fraction of sp³-hybridized carbons (Fsp3) is 0.421. The normalized spacial score (nSPS) is 17.9. The summed E-state index contributed by atoms with van der Waals surface area (Å²) in [5.74, 6) is 1.94. The first kappa shape index (κ1) is 15.8. The monoisotopic (exact) mass is 311 g/mol. The second kappa shape index (κ2) is 6.59. The van der Waals surface area contributed by atoms with Crippen LogP contribution in [0.1, 0.15) is 36.0 Å². The highest BCUT2D eigenvalue weighted by Gasteiger charge is 2.31. The predicted octanol–water partition coefficient (Wildman–Crippen LogP) is 4.16. The summed E-state index contributed by atoms with van der Waals surface area (Å²) in [6.07, 6.45) is 1.92. The lowest BCUT2D eigenvalue weighted by molar-refractivity contribution is 0.420. The molecule has 122 valence electrons. The van der Waals surface area contributed by atoms with Crippen molar-refractivity contribution in [2.24, 2.45) is 5.10 Å². The highest BCUT2D eigenvalue weighted by atomic mass is 16.3. The van der Waals surface area contributed by atoms with Gasteiger partial charge in [-0.15, -0.1) is 0 Å². The van der Waals surface area contributed by atoms with E-state index in [9.17, 15) is 0 Å². The zero-order valence-corrected chi connectivity index (χ0v) is 14.4. The highest BCUT2D eigenvalue weighted by Crippen LogP contribution is 2.36. The van der Waals surface area contributed by atoms with Crippen molar-refractivity contribution in [3.8, 4) is 0 Å². The average Bonchev–Trinajstić information content (AvgIpc) is 3.12. The predicted molar refractivity (Wildman–Crippen MR) is 95.1 cm³/mol. The van der Waals surface area contributed by atoms with Crippen molar-refractivity contribution in [1.82, 2.24) is 4.90 Å².